The van der Waals surface area contributed by atoms with E-state index in [9.17, 15) is 4.79 Å². The van der Waals surface area contributed by atoms with Crippen LogP contribution in [-0.2, 0) is 6.42 Å². The summed E-state index contributed by atoms with van der Waals surface area (Å²) in [5.74, 6) is 1.24. The van der Waals surface area contributed by atoms with Crippen molar-refractivity contribution in [3.8, 4) is 0 Å². The molecule has 6 heteroatoms. The Labute approximate surface area is 203 Å². The number of nitrogens with zero attached hydrogens (tertiary/aromatic N) is 4. The van der Waals surface area contributed by atoms with E-state index >= 15 is 0 Å². The molecule has 0 bridgehead atoms. The van der Waals surface area contributed by atoms with Crippen molar-refractivity contribution in [3.63, 3.8) is 0 Å². The first kappa shape index (κ1) is 21.4. The number of amides is 1. The van der Waals surface area contributed by atoms with Crippen molar-refractivity contribution in [1.29, 1.82) is 0 Å². The van der Waals surface area contributed by atoms with E-state index in [1.165, 1.54) is 14.7 Å². The van der Waals surface area contributed by atoms with E-state index in [1.54, 1.807) is 0 Å². The molecule has 32 heavy (non-hydrogen) atoms. The van der Waals surface area contributed by atoms with E-state index in [4.69, 9.17) is 0 Å². The largest absolute Gasteiger partial charge is 0.353 e. The number of anilines is 1. The number of hydrogen-bond donors (Lipinski definition) is 0. The van der Waals surface area contributed by atoms with E-state index in [0.717, 1.165) is 57.1 Å². The Morgan fingerprint density at radius 2 is 1.56 bits per heavy atom. The Morgan fingerprint density at radius 1 is 0.875 bits per heavy atom. The number of piperazine rings is 1. The number of rotatable bonds is 5. The fourth-order valence-electron chi connectivity index (χ4n) is 4.54. The van der Waals surface area contributed by atoms with Crippen molar-refractivity contribution in [1.82, 2.24) is 14.8 Å². The molecule has 0 atom stereocenters. The van der Waals surface area contributed by atoms with Crippen LogP contribution < -0.4 is 4.90 Å². The summed E-state index contributed by atoms with van der Waals surface area (Å²) < 4.78 is 1.20. The van der Waals surface area contributed by atoms with E-state index in [-0.39, 0.29) is 5.91 Å². The number of carbonyl (C=O) groups is 1. The quantitative estimate of drug-likeness (QED) is 0.462. The van der Waals surface area contributed by atoms with Gasteiger partial charge in [-0.2, -0.15) is 0 Å². The summed E-state index contributed by atoms with van der Waals surface area (Å²) in [5.41, 5.74) is 3.31. The summed E-state index contributed by atoms with van der Waals surface area (Å²) in [6.45, 7) is 5.67. The molecule has 2 saturated heterocycles. The second-order valence-corrected chi connectivity index (χ2v) is 9.72. The maximum atomic E-state index is 12.9. The lowest BCUT2D eigenvalue weighted by atomic mass is 10.0. The standard InChI is InChI=1S/C26H27IN4O/c27-24-7-4-12-28-25(24)30-15-13-29(14-16-30)23-18-31(19-23)26(32)22-10-8-21(9-11-22)17-20-5-2-1-3-6-20/h1-12,23H,13-19H2. The molecular formula is C26H27IN4O. The molecule has 0 aliphatic carbocycles. The van der Waals surface area contributed by atoms with Crippen LogP contribution in [0.1, 0.15) is 21.5 Å². The second-order valence-electron chi connectivity index (χ2n) is 8.56. The molecule has 164 valence electrons. The maximum Gasteiger partial charge on any atom is 0.253 e. The van der Waals surface area contributed by atoms with Gasteiger partial charge in [0.05, 0.1) is 3.57 Å². The third-order valence-electron chi connectivity index (χ3n) is 6.47. The Morgan fingerprint density at radius 3 is 2.25 bits per heavy atom. The third kappa shape index (κ3) is 4.66. The van der Waals surface area contributed by atoms with Crippen molar-refractivity contribution in [2.75, 3.05) is 44.2 Å². The predicted octanol–water partition coefficient (Wildman–Crippen LogP) is 3.92. The third-order valence-corrected chi connectivity index (χ3v) is 7.31. The van der Waals surface area contributed by atoms with Gasteiger partial charge in [-0.1, -0.05) is 42.5 Å². The number of aromatic nitrogens is 1. The van der Waals surface area contributed by atoms with Gasteiger partial charge in [0.1, 0.15) is 5.82 Å². The Balaban J connectivity index is 1.11. The van der Waals surface area contributed by atoms with Crippen LogP contribution in [0.5, 0.6) is 0 Å². The van der Waals surface area contributed by atoms with Crippen molar-refractivity contribution < 1.29 is 4.79 Å². The zero-order valence-corrected chi connectivity index (χ0v) is 20.2. The zero-order chi connectivity index (χ0) is 21.9. The monoisotopic (exact) mass is 538 g/mol. The van der Waals surface area contributed by atoms with Crippen molar-refractivity contribution in [2.45, 2.75) is 12.5 Å². The lowest BCUT2D eigenvalue weighted by Crippen LogP contribution is -2.64. The highest BCUT2D eigenvalue weighted by atomic mass is 127. The first-order chi connectivity index (χ1) is 15.7. The second kappa shape index (κ2) is 9.58. The number of hydrogen-bond acceptors (Lipinski definition) is 4. The number of carbonyl (C=O) groups excluding carboxylic acids is 1. The van der Waals surface area contributed by atoms with Crippen molar-refractivity contribution in [3.05, 3.63) is 93.2 Å². The Kier molecular flexibility index (Phi) is 6.41. The lowest BCUT2D eigenvalue weighted by Gasteiger charge is -2.48. The van der Waals surface area contributed by atoms with Gasteiger partial charge < -0.3 is 9.80 Å². The molecule has 0 radical (unpaired) electrons. The minimum Gasteiger partial charge on any atom is -0.353 e. The summed E-state index contributed by atoms with van der Waals surface area (Å²) in [5, 5.41) is 0. The molecule has 5 nitrogen and oxygen atoms in total. The average Bonchev–Trinajstić information content (AvgIpc) is 2.80. The summed E-state index contributed by atoms with van der Waals surface area (Å²) in [4.78, 5) is 24.3. The number of likely N-dealkylation sites (tertiary alicyclic amines) is 1. The SMILES string of the molecule is O=C(c1ccc(Cc2ccccc2)cc1)N1CC(N2CCN(c3ncccc3I)CC2)C1. The molecule has 2 fully saturated rings. The normalized spacial score (nSPS) is 17.3. The molecule has 0 saturated carbocycles. The Bertz CT molecular complexity index is 1060. The lowest BCUT2D eigenvalue weighted by molar-refractivity contribution is 0.0246. The van der Waals surface area contributed by atoms with E-state index < -0.39 is 0 Å². The van der Waals surface area contributed by atoms with Gasteiger partial charge in [0.2, 0.25) is 0 Å². The van der Waals surface area contributed by atoms with Crippen LogP contribution in [0.15, 0.2) is 72.9 Å². The molecule has 2 aromatic carbocycles. The smallest absolute Gasteiger partial charge is 0.253 e. The van der Waals surface area contributed by atoms with Gasteiger partial charge in [-0.25, -0.2) is 4.98 Å². The van der Waals surface area contributed by atoms with Crippen LogP contribution in [0.2, 0.25) is 0 Å². The summed E-state index contributed by atoms with van der Waals surface area (Å²) in [7, 11) is 0. The number of halogens is 1. The highest BCUT2D eigenvalue weighted by molar-refractivity contribution is 14.1. The fraction of sp³-hybridized carbons (Fsp3) is 0.308. The minimum absolute atomic E-state index is 0.147. The topological polar surface area (TPSA) is 39.7 Å². The van der Waals surface area contributed by atoms with Crippen molar-refractivity contribution >= 4 is 34.3 Å². The molecule has 1 aromatic heterocycles. The van der Waals surface area contributed by atoms with Crippen LogP contribution in [0.25, 0.3) is 0 Å². The molecule has 5 rings (SSSR count). The van der Waals surface area contributed by atoms with Gasteiger partial charge in [-0.3, -0.25) is 9.69 Å². The van der Waals surface area contributed by atoms with Gasteiger partial charge in [-0.05, 0) is 64.4 Å². The van der Waals surface area contributed by atoms with E-state index in [1.807, 2.05) is 35.4 Å². The number of benzene rings is 2. The molecular weight excluding hydrogens is 511 g/mol. The van der Waals surface area contributed by atoms with Gasteiger partial charge in [0.25, 0.3) is 5.91 Å². The highest BCUT2D eigenvalue weighted by Crippen LogP contribution is 2.24. The molecule has 3 heterocycles. The first-order valence-electron chi connectivity index (χ1n) is 11.2. The maximum absolute atomic E-state index is 12.9. The van der Waals surface area contributed by atoms with Gasteiger partial charge in [0.15, 0.2) is 0 Å². The van der Waals surface area contributed by atoms with Crippen LogP contribution in [0.4, 0.5) is 5.82 Å². The van der Waals surface area contributed by atoms with Gasteiger partial charge >= 0.3 is 0 Å². The predicted molar refractivity (Wildman–Crippen MR) is 136 cm³/mol. The molecule has 2 aliphatic rings. The van der Waals surface area contributed by atoms with Gasteiger partial charge in [-0.15, -0.1) is 0 Å². The fourth-order valence-corrected chi connectivity index (χ4v) is 5.23. The molecule has 0 spiro atoms. The number of pyridine rings is 1. The van der Waals surface area contributed by atoms with Gasteiger partial charge in [0, 0.05) is 57.1 Å². The summed E-state index contributed by atoms with van der Waals surface area (Å²) in [6.07, 6.45) is 2.76. The van der Waals surface area contributed by atoms with E-state index in [0.29, 0.717) is 6.04 Å². The first-order valence-corrected chi connectivity index (χ1v) is 12.3. The highest BCUT2D eigenvalue weighted by Gasteiger charge is 2.36. The zero-order valence-electron chi connectivity index (χ0n) is 18.0. The molecule has 0 unspecified atom stereocenters. The van der Waals surface area contributed by atoms with Crippen molar-refractivity contribution in [2.24, 2.45) is 0 Å². The molecule has 3 aromatic rings. The molecule has 2 aliphatic heterocycles. The molecule has 0 N–H and O–H groups in total. The van der Waals surface area contributed by atoms with Crippen LogP contribution >= 0.6 is 22.6 Å². The van der Waals surface area contributed by atoms with Crippen LogP contribution in [-0.4, -0.2) is 66.0 Å². The Hall–Kier alpha value is -2.45. The molecule has 1 amide bonds. The van der Waals surface area contributed by atoms with Crippen LogP contribution in [0.3, 0.4) is 0 Å². The summed E-state index contributed by atoms with van der Waals surface area (Å²) >= 11 is 2.36. The van der Waals surface area contributed by atoms with Crippen LogP contribution in [0, 0.1) is 3.57 Å². The van der Waals surface area contributed by atoms with E-state index in [2.05, 4.69) is 79.8 Å². The summed E-state index contributed by atoms with van der Waals surface area (Å²) in [6, 6.07) is 23.1. The minimum atomic E-state index is 0.147. The average molecular weight is 538 g/mol.